The SMILES string of the molecule is C[C@H](CNC(=O)c1ccc(-c2ccccc2C#N)nc1NCCc1cccc(F)c1)N(C)C(=O)CNC(=O)OC(C)(C)C. The summed E-state index contributed by atoms with van der Waals surface area (Å²) in [6.45, 7) is 7.21. The molecular formula is C32H37FN6O4. The molecule has 0 aliphatic heterocycles. The van der Waals surface area contributed by atoms with Crippen molar-refractivity contribution in [2.75, 3.05) is 32.0 Å². The number of hydrogen-bond acceptors (Lipinski definition) is 7. The molecule has 1 heterocycles. The maximum atomic E-state index is 13.6. The Labute approximate surface area is 251 Å². The largest absolute Gasteiger partial charge is 0.444 e. The summed E-state index contributed by atoms with van der Waals surface area (Å²) in [6.07, 6.45) is -0.207. The average molecular weight is 589 g/mol. The number of alkyl carbamates (subject to hydrolysis) is 1. The first-order chi connectivity index (χ1) is 20.4. The zero-order valence-corrected chi connectivity index (χ0v) is 25.0. The van der Waals surface area contributed by atoms with E-state index in [0.29, 0.717) is 35.6 Å². The number of carbonyl (C=O) groups excluding carboxylic acids is 3. The average Bonchev–Trinajstić information content (AvgIpc) is 2.97. The van der Waals surface area contributed by atoms with Gasteiger partial charge < -0.3 is 25.6 Å². The summed E-state index contributed by atoms with van der Waals surface area (Å²) in [4.78, 5) is 43.8. The van der Waals surface area contributed by atoms with Gasteiger partial charge in [-0.2, -0.15) is 5.26 Å². The van der Waals surface area contributed by atoms with Crippen molar-refractivity contribution in [3.05, 3.63) is 83.2 Å². The normalized spacial score (nSPS) is 11.6. The van der Waals surface area contributed by atoms with Crippen molar-refractivity contribution in [1.29, 1.82) is 5.26 Å². The van der Waals surface area contributed by atoms with Crippen LogP contribution >= 0.6 is 0 Å². The van der Waals surface area contributed by atoms with Gasteiger partial charge in [0.2, 0.25) is 5.91 Å². The van der Waals surface area contributed by atoms with Gasteiger partial charge in [0.05, 0.1) is 22.9 Å². The fourth-order valence-corrected chi connectivity index (χ4v) is 4.05. The number of likely N-dealkylation sites (N-methyl/N-ethyl adjacent to an activating group) is 1. The van der Waals surface area contributed by atoms with Gasteiger partial charge in [-0.15, -0.1) is 0 Å². The van der Waals surface area contributed by atoms with E-state index in [1.807, 2.05) is 6.07 Å². The summed E-state index contributed by atoms with van der Waals surface area (Å²) in [5, 5.41) is 18.0. The minimum atomic E-state index is -0.694. The number of nitriles is 1. The number of aromatic nitrogens is 1. The predicted octanol–water partition coefficient (Wildman–Crippen LogP) is 4.52. The summed E-state index contributed by atoms with van der Waals surface area (Å²) >= 11 is 0. The minimum Gasteiger partial charge on any atom is -0.444 e. The van der Waals surface area contributed by atoms with E-state index < -0.39 is 23.6 Å². The topological polar surface area (TPSA) is 136 Å². The smallest absolute Gasteiger partial charge is 0.408 e. The molecule has 3 rings (SSSR count). The highest BCUT2D eigenvalue weighted by molar-refractivity contribution is 5.99. The summed E-state index contributed by atoms with van der Waals surface area (Å²) in [6, 6.07) is 18.4. The van der Waals surface area contributed by atoms with Gasteiger partial charge in [0.1, 0.15) is 23.8 Å². The molecule has 3 N–H and O–H groups in total. The van der Waals surface area contributed by atoms with Crippen molar-refractivity contribution in [2.24, 2.45) is 0 Å². The monoisotopic (exact) mass is 588 g/mol. The zero-order chi connectivity index (χ0) is 31.6. The van der Waals surface area contributed by atoms with Gasteiger partial charge in [0, 0.05) is 31.7 Å². The van der Waals surface area contributed by atoms with E-state index in [1.165, 1.54) is 17.0 Å². The van der Waals surface area contributed by atoms with Crippen LogP contribution in [-0.4, -0.2) is 66.1 Å². The second-order valence-corrected chi connectivity index (χ2v) is 11.0. The predicted molar refractivity (Wildman–Crippen MR) is 162 cm³/mol. The van der Waals surface area contributed by atoms with Crippen molar-refractivity contribution >= 4 is 23.7 Å². The highest BCUT2D eigenvalue weighted by Crippen LogP contribution is 2.25. The molecule has 0 spiro atoms. The second-order valence-electron chi connectivity index (χ2n) is 11.0. The molecule has 0 aliphatic rings. The molecule has 0 unspecified atom stereocenters. The third kappa shape index (κ3) is 9.81. The lowest BCUT2D eigenvalue weighted by Gasteiger charge is -2.26. The van der Waals surface area contributed by atoms with Crippen molar-refractivity contribution in [2.45, 2.75) is 45.8 Å². The molecule has 11 heteroatoms. The molecule has 2 aromatic carbocycles. The Balaban J connectivity index is 1.70. The highest BCUT2D eigenvalue weighted by Gasteiger charge is 2.21. The zero-order valence-electron chi connectivity index (χ0n) is 25.0. The lowest BCUT2D eigenvalue weighted by molar-refractivity contribution is -0.130. The first-order valence-corrected chi connectivity index (χ1v) is 13.9. The number of nitrogens with one attached hydrogen (secondary N) is 3. The van der Waals surface area contributed by atoms with E-state index in [1.54, 1.807) is 77.2 Å². The van der Waals surface area contributed by atoms with Crippen LogP contribution in [0.1, 0.15) is 49.2 Å². The first-order valence-electron chi connectivity index (χ1n) is 13.9. The minimum absolute atomic E-state index is 0.134. The molecule has 0 saturated heterocycles. The lowest BCUT2D eigenvalue weighted by atomic mass is 10.0. The van der Waals surface area contributed by atoms with Crippen molar-refractivity contribution in [3.8, 4) is 17.3 Å². The quantitative estimate of drug-likeness (QED) is 0.300. The van der Waals surface area contributed by atoms with Gasteiger partial charge in [-0.3, -0.25) is 9.59 Å². The van der Waals surface area contributed by atoms with Gasteiger partial charge in [0.25, 0.3) is 5.91 Å². The van der Waals surface area contributed by atoms with Crippen LogP contribution in [0.2, 0.25) is 0 Å². The Kier molecular flexibility index (Phi) is 11.2. The molecule has 3 amide bonds. The van der Waals surface area contributed by atoms with Crippen LogP contribution in [0.3, 0.4) is 0 Å². The Morgan fingerprint density at radius 1 is 1.07 bits per heavy atom. The van der Waals surface area contributed by atoms with E-state index >= 15 is 0 Å². The lowest BCUT2D eigenvalue weighted by Crippen LogP contribution is -2.47. The van der Waals surface area contributed by atoms with E-state index in [-0.39, 0.29) is 30.4 Å². The van der Waals surface area contributed by atoms with Crippen LogP contribution in [0, 0.1) is 17.1 Å². The molecule has 43 heavy (non-hydrogen) atoms. The van der Waals surface area contributed by atoms with Crippen LogP contribution in [0.25, 0.3) is 11.3 Å². The molecule has 0 radical (unpaired) electrons. The molecule has 0 bridgehead atoms. The van der Waals surface area contributed by atoms with Crippen molar-refractivity contribution in [3.63, 3.8) is 0 Å². The number of hydrogen-bond donors (Lipinski definition) is 3. The molecule has 226 valence electrons. The number of anilines is 1. The number of pyridine rings is 1. The molecule has 0 saturated carbocycles. The first kappa shape index (κ1) is 32.5. The standard InChI is InChI=1S/C32H37FN6O4/c1-21(39(5)28(40)20-37-31(42)43-32(2,3)4)19-36-30(41)26-13-14-27(25-12-7-6-10-23(25)18-34)38-29(26)35-16-15-22-9-8-11-24(33)17-22/h6-14,17,21H,15-16,19-20H2,1-5H3,(H,35,38)(H,36,41)(H,37,42)/t21-/m1/s1. The molecule has 0 aliphatic carbocycles. The van der Waals surface area contributed by atoms with E-state index in [2.05, 4.69) is 27.0 Å². The van der Waals surface area contributed by atoms with Crippen LogP contribution in [-0.2, 0) is 16.0 Å². The third-order valence-electron chi connectivity index (χ3n) is 6.45. The number of nitrogens with zero attached hydrogens (tertiary/aromatic N) is 3. The summed E-state index contributed by atoms with van der Waals surface area (Å²) in [7, 11) is 1.58. The maximum Gasteiger partial charge on any atom is 0.408 e. The third-order valence-corrected chi connectivity index (χ3v) is 6.45. The molecule has 3 aromatic rings. The van der Waals surface area contributed by atoms with Gasteiger partial charge in [-0.1, -0.05) is 30.3 Å². The molecular weight excluding hydrogens is 551 g/mol. The van der Waals surface area contributed by atoms with Gasteiger partial charge in [-0.25, -0.2) is 14.2 Å². The fraction of sp³-hybridized carbons (Fsp3) is 0.344. The number of ether oxygens (including phenoxy) is 1. The Hall–Kier alpha value is -4.98. The molecule has 1 aromatic heterocycles. The van der Waals surface area contributed by atoms with E-state index in [4.69, 9.17) is 4.74 Å². The summed E-state index contributed by atoms with van der Waals surface area (Å²) in [5.74, 6) is -0.795. The van der Waals surface area contributed by atoms with Crippen LogP contribution in [0.15, 0.2) is 60.7 Å². The number of halogens is 1. The van der Waals surface area contributed by atoms with Crippen LogP contribution < -0.4 is 16.0 Å². The Morgan fingerprint density at radius 3 is 2.51 bits per heavy atom. The molecule has 10 nitrogen and oxygen atoms in total. The summed E-state index contributed by atoms with van der Waals surface area (Å²) < 4.78 is 18.8. The Bertz CT molecular complexity index is 1500. The van der Waals surface area contributed by atoms with Crippen LogP contribution in [0.4, 0.5) is 15.0 Å². The van der Waals surface area contributed by atoms with E-state index in [0.717, 1.165) is 5.56 Å². The van der Waals surface area contributed by atoms with Gasteiger partial charge in [0.15, 0.2) is 0 Å². The number of carbonyl (C=O) groups is 3. The number of benzene rings is 2. The second kappa shape index (κ2) is 14.8. The summed E-state index contributed by atoms with van der Waals surface area (Å²) in [5.41, 5.74) is 1.95. The van der Waals surface area contributed by atoms with Crippen molar-refractivity contribution in [1.82, 2.24) is 20.5 Å². The van der Waals surface area contributed by atoms with E-state index in [9.17, 15) is 24.0 Å². The fourth-order valence-electron chi connectivity index (χ4n) is 4.05. The maximum absolute atomic E-state index is 13.6. The van der Waals surface area contributed by atoms with Crippen LogP contribution in [0.5, 0.6) is 0 Å². The molecule has 0 fully saturated rings. The van der Waals surface area contributed by atoms with Gasteiger partial charge >= 0.3 is 6.09 Å². The Morgan fingerprint density at radius 2 is 1.81 bits per heavy atom. The molecule has 1 atom stereocenters. The number of rotatable bonds is 11. The van der Waals surface area contributed by atoms with Gasteiger partial charge in [-0.05, 0) is 70.0 Å². The highest BCUT2D eigenvalue weighted by atomic mass is 19.1. The number of amides is 3. The van der Waals surface area contributed by atoms with Crippen molar-refractivity contribution < 1.29 is 23.5 Å².